The molecule has 1 aliphatic heterocycles. The summed E-state index contributed by atoms with van der Waals surface area (Å²) in [5, 5.41) is 0.761. The van der Waals surface area contributed by atoms with Crippen molar-refractivity contribution in [3.63, 3.8) is 0 Å². The molecule has 2 aromatic carbocycles. The summed E-state index contributed by atoms with van der Waals surface area (Å²) in [7, 11) is -3.66. The summed E-state index contributed by atoms with van der Waals surface area (Å²) in [6.45, 7) is 0.944. The number of nitrogens with one attached hydrogen (secondary N) is 2. The van der Waals surface area contributed by atoms with Gasteiger partial charge in [0, 0.05) is 24.7 Å². The standard InChI is InChI=1S/C21H21Cl2N3O4S/c22-18-9-7-15(13-19(18)23)8-10-20(27)24-25-21(28)16-5-4-6-17(14-16)31(29,30)26-11-2-1-3-12-26/h4-10,13-14H,1-3,11-12H2,(H,24,27)(H,25,28)/b10-8+. The van der Waals surface area contributed by atoms with Crippen LogP contribution in [-0.2, 0) is 14.8 Å². The Morgan fingerprint density at radius 2 is 1.68 bits per heavy atom. The zero-order chi connectivity index (χ0) is 22.4. The van der Waals surface area contributed by atoms with Gasteiger partial charge in [0.05, 0.1) is 14.9 Å². The van der Waals surface area contributed by atoms with E-state index in [4.69, 9.17) is 23.2 Å². The van der Waals surface area contributed by atoms with Crippen molar-refractivity contribution in [1.29, 1.82) is 0 Å². The minimum absolute atomic E-state index is 0.0490. The number of nitrogens with zero attached hydrogens (tertiary/aromatic N) is 1. The van der Waals surface area contributed by atoms with Crippen molar-refractivity contribution >= 4 is 51.1 Å². The molecule has 0 radical (unpaired) electrons. The summed E-state index contributed by atoms with van der Waals surface area (Å²) in [6.07, 6.45) is 5.38. The Kier molecular flexibility index (Phi) is 7.72. The van der Waals surface area contributed by atoms with Crippen molar-refractivity contribution < 1.29 is 18.0 Å². The maximum Gasteiger partial charge on any atom is 0.269 e. The summed E-state index contributed by atoms with van der Waals surface area (Å²) in [4.78, 5) is 24.4. The van der Waals surface area contributed by atoms with E-state index in [1.54, 1.807) is 18.2 Å². The second-order valence-electron chi connectivity index (χ2n) is 6.94. The van der Waals surface area contributed by atoms with Gasteiger partial charge < -0.3 is 0 Å². The molecule has 1 heterocycles. The molecule has 7 nitrogen and oxygen atoms in total. The lowest BCUT2D eigenvalue weighted by molar-refractivity contribution is -0.117. The van der Waals surface area contributed by atoms with Crippen LogP contribution < -0.4 is 10.9 Å². The third-order valence-electron chi connectivity index (χ3n) is 4.72. The maximum absolute atomic E-state index is 12.8. The molecule has 0 unspecified atom stereocenters. The van der Waals surface area contributed by atoms with Gasteiger partial charge in [-0.05, 0) is 54.8 Å². The molecule has 2 N–H and O–H groups in total. The number of carbonyl (C=O) groups excluding carboxylic acids is 2. The Bertz CT molecular complexity index is 1110. The fraction of sp³-hybridized carbons (Fsp3) is 0.238. The Labute approximate surface area is 191 Å². The number of amides is 2. The van der Waals surface area contributed by atoms with Gasteiger partial charge in [-0.3, -0.25) is 20.4 Å². The third kappa shape index (κ3) is 6.07. The van der Waals surface area contributed by atoms with Gasteiger partial charge in [0.2, 0.25) is 10.0 Å². The van der Waals surface area contributed by atoms with Crippen molar-refractivity contribution in [2.24, 2.45) is 0 Å². The number of hydrogen-bond donors (Lipinski definition) is 2. The van der Waals surface area contributed by atoms with Gasteiger partial charge >= 0.3 is 0 Å². The predicted octanol–water partition coefficient (Wildman–Crippen LogP) is 3.64. The van der Waals surface area contributed by atoms with Gasteiger partial charge in [-0.2, -0.15) is 4.31 Å². The highest BCUT2D eigenvalue weighted by molar-refractivity contribution is 7.89. The van der Waals surface area contributed by atoms with E-state index in [1.807, 2.05) is 0 Å². The van der Waals surface area contributed by atoms with Crippen LogP contribution in [0.1, 0.15) is 35.2 Å². The molecule has 164 valence electrons. The molecule has 0 aliphatic carbocycles. The van der Waals surface area contributed by atoms with Crippen LogP contribution in [-0.4, -0.2) is 37.6 Å². The first-order valence-electron chi connectivity index (χ1n) is 9.61. The van der Waals surface area contributed by atoms with Crippen LogP contribution in [0.2, 0.25) is 10.0 Å². The quantitative estimate of drug-likeness (QED) is 0.503. The SMILES string of the molecule is O=C(/C=C/c1ccc(Cl)c(Cl)c1)NNC(=O)c1cccc(S(=O)(=O)N2CCCCC2)c1. The van der Waals surface area contributed by atoms with Gasteiger partial charge in [-0.1, -0.05) is 41.8 Å². The number of halogens is 2. The number of rotatable bonds is 5. The third-order valence-corrected chi connectivity index (χ3v) is 7.35. The van der Waals surface area contributed by atoms with Crippen molar-refractivity contribution in [1.82, 2.24) is 15.2 Å². The van der Waals surface area contributed by atoms with E-state index in [0.717, 1.165) is 19.3 Å². The summed E-state index contributed by atoms with van der Waals surface area (Å²) < 4.78 is 27.0. The number of hydrazine groups is 1. The van der Waals surface area contributed by atoms with Gasteiger partial charge in [0.1, 0.15) is 0 Å². The second kappa shape index (κ2) is 10.3. The minimum Gasteiger partial charge on any atom is -0.268 e. The van der Waals surface area contributed by atoms with Crippen molar-refractivity contribution in [3.8, 4) is 0 Å². The number of sulfonamides is 1. The van der Waals surface area contributed by atoms with Crippen LogP contribution in [0.5, 0.6) is 0 Å². The van der Waals surface area contributed by atoms with Crippen molar-refractivity contribution in [2.75, 3.05) is 13.1 Å². The Morgan fingerprint density at radius 1 is 0.935 bits per heavy atom. The predicted molar refractivity (Wildman–Crippen MR) is 120 cm³/mol. The van der Waals surface area contributed by atoms with Crippen molar-refractivity contribution in [2.45, 2.75) is 24.2 Å². The van der Waals surface area contributed by atoms with Crippen LogP contribution in [0, 0.1) is 0 Å². The molecule has 31 heavy (non-hydrogen) atoms. The topological polar surface area (TPSA) is 95.6 Å². The lowest BCUT2D eigenvalue weighted by atomic mass is 10.2. The van der Waals surface area contributed by atoms with E-state index in [9.17, 15) is 18.0 Å². The molecule has 0 saturated carbocycles. The molecule has 1 saturated heterocycles. The molecule has 2 amide bonds. The Hall–Kier alpha value is -2.39. The first kappa shape index (κ1) is 23.3. The summed E-state index contributed by atoms with van der Waals surface area (Å²) in [6, 6.07) is 10.6. The van der Waals surface area contributed by atoms with E-state index < -0.39 is 21.8 Å². The number of hydrogen-bond acceptors (Lipinski definition) is 4. The highest BCUT2D eigenvalue weighted by atomic mass is 35.5. The maximum atomic E-state index is 12.8. The zero-order valence-corrected chi connectivity index (χ0v) is 18.8. The smallest absolute Gasteiger partial charge is 0.268 e. The fourth-order valence-electron chi connectivity index (χ4n) is 3.07. The second-order valence-corrected chi connectivity index (χ2v) is 9.70. The zero-order valence-electron chi connectivity index (χ0n) is 16.5. The average Bonchev–Trinajstić information content (AvgIpc) is 2.79. The monoisotopic (exact) mass is 481 g/mol. The first-order valence-corrected chi connectivity index (χ1v) is 11.8. The summed E-state index contributed by atoms with van der Waals surface area (Å²) in [5.74, 6) is -1.21. The lowest BCUT2D eigenvalue weighted by Gasteiger charge is -2.26. The van der Waals surface area contributed by atoms with E-state index in [-0.39, 0.29) is 10.5 Å². The van der Waals surface area contributed by atoms with E-state index in [2.05, 4.69) is 10.9 Å². The average molecular weight is 482 g/mol. The molecule has 0 aromatic heterocycles. The minimum atomic E-state index is -3.66. The van der Waals surface area contributed by atoms with Gasteiger partial charge in [0.25, 0.3) is 11.8 Å². The van der Waals surface area contributed by atoms with Crippen LogP contribution in [0.15, 0.2) is 53.4 Å². The molecule has 0 bridgehead atoms. The normalized spacial score (nSPS) is 15.0. The van der Waals surface area contributed by atoms with Gasteiger partial charge in [-0.25, -0.2) is 8.42 Å². The number of piperidine rings is 1. The summed E-state index contributed by atoms with van der Waals surface area (Å²) >= 11 is 11.8. The number of carbonyl (C=O) groups is 2. The van der Waals surface area contributed by atoms with Crippen LogP contribution in [0.25, 0.3) is 6.08 Å². The highest BCUT2D eigenvalue weighted by Crippen LogP contribution is 2.23. The van der Waals surface area contributed by atoms with Crippen molar-refractivity contribution in [3.05, 3.63) is 69.7 Å². The van der Waals surface area contributed by atoms with Gasteiger partial charge in [0.15, 0.2) is 0 Å². The first-order chi connectivity index (χ1) is 14.8. The molecule has 0 atom stereocenters. The molecule has 0 spiro atoms. The molecule has 1 aliphatic rings. The molecule has 3 rings (SSSR count). The fourth-order valence-corrected chi connectivity index (χ4v) is 4.94. The highest BCUT2D eigenvalue weighted by Gasteiger charge is 2.26. The van der Waals surface area contributed by atoms with Crippen LogP contribution >= 0.6 is 23.2 Å². The molecular formula is C21H21Cl2N3O4S. The van der Waals surface area contributed by atoms with E-state index >= 15 is 0 Å². The largest absolute Gasteiger partial charge is 0.269 e. The molecular weight excluding hydrogens is 461 g/mol. The van der Waals surface area contributed by atoms with Crippen LogP contribution in [0.4, 0.5) is 0 Å². The molecule has 1 fully saturated rings. The summed E-state index contributed by atoms with van der Waals surface area (Å²) in [5.41, 5.74) is 5.30. The molecule has 2 aromatic rings. The molecule has 10 heteroatoms. The number of benzene rings is 2. The van der Waals surface area contributed by atoms with E-state index in [0.29, 0.717) is 28.7 Å². The van der Waals surface area contributed by atoms with Gasteiger partial charge in [-0.15, -0.1) is 0 Å². The van der Waals surface area contributed by atoms with E-state index in [1.165, 1.54) is 40.7 Å². The Morgan fingerprint density at radius 3 is 2.39 bits per heavy atom. The van der Waals surface area contributed by atoms with Crippen LogP contribution in [0.3, 0.4) is 0 Å². The Balaban J connectivity index is 1.61. The lowest BCUT2D eigenvalue weighted by Crippen LogP contribution is -2.41.